The lowest BCUT2D eigenvalue weighted by atomic mass is 10.3. The molecule has 0 saturated heterocycles. The molecule has 0 saturated carbocycles. The van der Waals surface area contributed by atoms with Crippen LogP contribution in [0.1, 0.15) is 5.56 Å². The van der Waals surface area contributed by atoms with Gasteiger partial charge >= 0.3 is 6.18 Å². The zero-order valence-corrected chi connectivity index (χ0v) is 6.45. The summed E-state index contributed by atoms with van der Waals surface area (Å²) in [6, 6.07) is 1.31. The lowest BCUT2D eigenvalue weighted by molar-refractivity contribution is -0.137. The molecule has 0 aliphatic carbocycles. The van der Waals surface area contributed by atoms with Crippen LogP contribution < -0.4 is 0 Å². The molecule has 1 aromatic rings. The number of nitrogens with zero attached hydrogens (tertiary/aromatic N) is 1. The highest BCUT2D eigenvalue weighted by atomic mass is 32.1. The molecule has 1 heterocycles. The quantitative estimate of drug-likeness (QED) is 0.593. The smallest absolute Gasteiger partial charge is 0.416 e. The number of hydrogen-bond donors (Lipinski definition) is 0. The number of aromatic nitrogens is 1. The maximum Gasteiger partial charge on any atom is 0.416 e. The molecule has 1 rings (SSSR count). The first kappa shape index (κ1) is 9.05. The molecule has 12 heavy (non-hydrogen) atoms. The molecule has 0 radical (unpaired) electrons. The molecule has 66 valence electrons. The summed E-state index contributed by atoms with van der Waals surface area (Å²) in [5.74, 6) is 0. The first-order valence-corrected chi connectivity index (χ1v) is 3.29. The minimum absolute atomic E-state index is 0.199. The molecule has 0 bridgehead atoms. The highest BCUT2D eigenvalue weighted by Crippen LogP contribution is 2.28. The lowest BCUT2D eigenvalue weighted by Crippen LogP contribution is -2.06. The van der Waals surface area contributed by atoms with Crippen LogP contribution >= 0.6 is 12.2 Å². The van der Waals surface area contributed by atoms with Crippen LogP contribution in [0.5, 0.6) is 0 Å². The molecule has 0 atom stereocenters. The molecule has 0 amide bonds. The Balaban J connectivity index is 3.23. The van der Waals surface area contributed by atoms with Gasteiger partial charge in [-0.1, -0.05) is 12.2 Å². The summed E-state index contributed by atoms with van der Waals surface area (Å²) >= 11 is 4.36. The molecule has 1 aromatic heterocycles. The SMILES string of the molecule is [O-]n1ccc(C(F)(F)F)cc1=S. The maximum absolute atomic E-state index is 11.9. The Morgan fingerprint density at radius 3 is 2.42 bits per heavy atom. The Bertz CT molecular complexity index is 343. The molecule has 0 aliphatic rings. The van der Waals surface area contributed by atoms with Crippen molar-refractivity contribution >= 4 is 12.2 Å². The third kappa shape index (κ3) is 1.76. The van der Waals surface area contributed by atoms with Crippen molar-refractivity contribution in [1.82, 2.24) is 4.73 Å². The van der Waals surface area contributed by atoms with Gasteiger partial charge in [0.25, 0.3) is 0 Å². The van der Waals surface area contributed by atoms with E-state index >= 15 is 0 Å². The normalized spacial score (nSPS) is 11.6. The molecule has 0 fully saturated rings. The fraction of sp³-hybridized carbons (Fsp3) is 0.167. The molecule has 0 unspecified atom stereocenters. The van der Waals surface area contributed by atoms with Crippen molar-refractivity contribution in [3.05, 3.63) is 33.7 Å². The summed E-state index contributed by atoms with van der Waals surface area (Å²) in [7, 11) is 0. The highest BCUT2D eigenvalue weighted by Gasteiger charge is 2.30. The second kappa shape index (κ2) is 2.78. The number of halogens is 3. The predicted molar refractivity (Wildman–Crippen MR) is 39.0 cm³/mol. The summed E-state index contributed by atoms with van der Waals surface area (Å²) in [4.78, 5) is 0. The van der Waals surface area contributed by atoms with Gasteiger partial charge in [0.05, 0.1) is 5.56 Å². The van der Waals surface area contributed by atoms with Gasteiger partial charge in [0.1, 0.15) is 4.64 Å². The molecule has 6 heteroatoms. The first-order chi connectivity index (χ1) is 5.41. The maximum atomic E-state index is 11.9. The second-order valence-electron chi connectivity index (χ2n) is 2.08. The standard InChI is InChI=1S/C6H3F3NOS/c7-6(8,9)4-1-2-10(11)5(12)3-4/h1-3H/q-1. The second-order valence-corrected chi connectivity index (χ2v) is 2.50. The fourth-order valence-corrected chi connectivity index (χ4v) is 0.830. The van der Waals surface area contributed by atoms with Crippen LogP contribution in [0.3, 0.4) is 0 Å². The molecule has 0 spiro atoms. The summed E-state index contributed by atoms with van der Waals surface area (Å²) in [6.07, 6.45) is -3.70. The van der Waals surface area contributed by atoms with Gasteiger partial charge < -0.3 is 9.94 Å². The van der Waals surface area contributed by atoms with Gasteiger partial charge in [0, 0.05) is 0 Å². The van der Waals surface area contributed by atoms with E-state index in [4.69, 9.17) is 0 Å². The Morgan fingerprint density at radius 1 is 1.42 bits per heavy atom. The third-order valence-electron chi connectivity index (χ3n) is 1.21. The van der Waals surface area contributed by atoms with E-state index in [2.05, 4.69) is 12.2 Å². The topological polar surface area (TPSA) is 28.0 Å². The molecule has 0 N–H and O–H groups in total. The predicted octanol–water partition coefficient (Wildman–Crippen LogP) is 2.58. The average molecular weight is 194 g/mol. The van der Waals surface area contributed by atoms with Crippen LogP contribution in [0.4, 0.5) is 13.2 Å². The van der Waals surface area contributed by atoms with Crippen LogP contribution in [0.2, 0.25) is 0 Å². The van der Waals surface area contributed by atoms with Gasteiger partial charge in [-0.25, -0.2) is 0 Å². The van der Waals surface area contributed by atoms with E-state index in [1.54, 1.807) is 0 Å². The minimum Gasteiger partial charge on any atom is -0.805 e. The van der Waals surface area contributed by atoms with E-state index in [1.807, 2.05) is 0 Å². The Morgan fingerprint density at radius 2 is 2.00 bits per heavy atom. The Hall–Kier alpha value is -1.04. The van der Waals surface area contributed by atoms with Crippen molar-refractivity contribution in [2.24, 2.45) is 0 Å². The Labute approximate surface area is 70.8 Å². The number of alkyl halides is 3. The summed E-state index contributed by atoms with van der Waals surface area (Å²) in [5.41, 5.74) is -0.903. The van der Waals surface area contributed by atoms with E-state index in [0.717, 1.165) is 6.20 Å². The molecule has 0 aliphatic heterocycles. The molecular weight excluding hydrogens is 191 g/mol. The van der Waals surface area contributed by atoms with Crippen LogP contribution in [-0.4, -0.2) is 4.73 Å². The molecule has 0 aromatic carbocycles. The van der Waals surface area contributed by atoms with Gasteiger partial charge in [-0.05, 0) is 18.3 Å². The van der Waals surface area contributed by atoms with Gasteiger partial charge in [0.2, 0.25) is 0 Å². The van der Waals surface area contributed by atoms with Crippen molar-refractivity contribution in [3.63, 3.8) is 0 Å². The van der Waals surface area contributed by atoms with E-state index in [1.165, 1.54) is 0 Å². The van der Waals surface area contributed by atoms with Gasteiger partial charge in [0.15, 0.2) is 0 Å². The van der Waals surface area contributed by atoms with Crippen LogP contribution in [0.25, 0.3) is 0 Å². The monoisotopic (exact) mass is 194 g/mol. The van der Waals surface area contributed by atoms with Crippen molar-refractivity contribution < 1.29 is 13.2 Å². The van der Waals surface area contributed by atoms with Crippen LogP contribution in [0.15, 0.2) is 18.3 Å². The van der Waals surface area contributed by atoms with Crippen molar-refractivity contribution in [2.45, 2.75) is 6.18 Å². The Kier molecular flexibility index (Phi) is 2.10. The largest absolute Gasteiger partial charge is 0.805 e. The third-order valence-corrected chi connectivity index (χ3v) is 1.51. The van der Waals surface area contributed by atoms with Gasteiger partial charge in [-0.15, -0.1) is 0 Å². The number of hydrogen-bond acceptors (Lipinski definition) is 2. The lowest BCUT2D eigenvalue weighted by Gasteiger charge is -2.12. The molecule has 2 nitrogen and oxygen atoms in total. The van der Waals surface area contributed by atoms with Crippen LogP contribution in [0, 0.1) is 9.85 Å². The summed E-state index contributed by atoms with van der Waals surface area (Å²) in [6.45, 7) is 0. The van der Waals surface area contributed by atoms with Gasteiger partial charge in [-0.3, -0.25) is 0 Å². The minimum atomic E-state index is -4.44. The highest BCUT2D eigenvalue weighted by molar-refractivity contribution is 7.71. The van der Waals surface area contributed by atoms with Crippen LogP contribution in [-0.2, 0) is 6.18 Å². The zero-order valence-electron chi connectivity index (χ0n) is 5.63. The van der Waals surface area contributed by atoms with E-state index in [9.17, 15) is 18.4 Å². The molecular formula is C6H3F3NOS-. The summed E-state index contributed by atoms with van der Waals surface area (Å²) in [5, 5.41) is 10.5. The number of rotatable bonds is 0. The zero-order chi connectivity index (χ0) is 9.35. The average Bonchev–Trinajstić information content (AvgIpc) is 1.92. The van der Waals surface area contributed by atoms with Gasteiger partial charge in [-0.2, -0.15) is 13.2 Å². The van der Waals surface area contributed by atoms with Crippen molar-refractivity contribution in [3.8, 4) is 0 Å². The number of pyridine rings is 1. The van der Waals surface area contributed by atoms with E-state index in [-0.39, 0.29) is 9.37 Å². The van der Waals surface area contributed by atoms with Crippen molar-refractivity contribution in [2.75, 3.05) is 0 Å². The summed E-state index contributed by atoms with van der Waals surface area (Å²) < 4.78 is 35.6. The van der Waals surface area contributed by atoms with E-state index < -0.39 is 11.7 Å². The fourth-order valence-electron chi connectivity index (χ4n) is 0.643. The first-order valence-electron chi connectivity index (χ1n) is 2.88. The van der Waals surface area contributed by atoms with E-state index in [0.29, 0.717) is 12.1 Å². The van der Waals surface area contributed by atoms with Crippen molar-refractivity contribution in [1.29, 1.82) is 0 Å².